The van der Waals surface area contributed by atoms with Crippen LogP contribution >= 0.6 is 0 Å². The van der Waals surface area contributed by atoms with Crippen molar-refractivity contribution >= 4 is 74.3 Å². The number of para-hydroxylation sites is 4. The summed E-state index contributed by atoms with van der Waals surface area (Å²) in [6.07, 6.45) is 7.45. The van der Waals surface area contributed by atoms with E-state index in [-0.39, 0.29) is 6.71 Å². The third kappa shape index (κ3) is 5.65. The van der Waals surface area contributed by atoms with Crippen LogP contribution in [-0.2, 0) is 0 Å². The van der Waals surface area contributed by atoms with Crippen molar-refractivity contribution in [2.75, 3.05) is 14.7 Å². The van der Waals surface area contributed by atoms with E-state index in [9.17, 15) is 0 Å². The predicted molar refractivity (Wildman–Crippen MR) is 242 cm³/mol. The van der Waals surface area contributed by atoms with Crippen LogP contribution in [0.3, 0.4) is 0 Å². The van der Waals surface area contributed by atoms with Gasteiger partial charge in [0.05, 0.1) is 0 Å². The van der Waals surface area contributed by atoms with E-state index in [0.717, 1.165) is 56.4 Å². The summed E-state index contributed by atoms with van der Waals surface area (Å²) in [5.41, 5.74) is 18.5. The molecule has 9 aromatic rings. The van der Waals surface area contributed by atoms with E-state index in [1.807, 2.05) is 24.8 Å². The van der Waals surface area contributed by atoms with Gasteiger partial charge in [0.15, 0.2) is 0 Å². The predicted octanol–water partition coefficient (Wildman–Crippen LogP) is 11.4. The molecule has 272 valence electrons. The first kappa shape index (κ1) is 33.6. The van der Waals surface area contributed by atoms with Gasteiger partial charge in [0, 0.05) is 76.0 Å². The summed E-state index contributed by atoms with van der Waals surface area (Å²) < 4.78 is 0. The Morgan fingerprint density at radius 3 is 1.45 bits per heavy atom. The second-order valence-electron chi connectivity index (χ2n) is 14.7. The summed E-state index contributed by atoms with van der Waals surface area (Å²) in [7, 11) is 0. The van der Waals surface area contributed by atoms with E-state index in [4.69, 9.17) is 0 Å². The lowest BCUT2D eigenvalue weighted by Crippen LogP contribution is -2.61. The summed E-state index contributed by atoms with van der Waals surface area (Å²) in [5, 5.41) is 0. The Bertz CT molecular complexity index is 2810. The Kier molecular flexibility index (Phi) is 8.18. The molecule has 0 spiro atoms. The molecule has 2 aliphatic heterocycles. The highest BCUT2D eigenvalue weighted by molar-refractivity contribution is 7.00. The smallest absolute Gasteiger partial charge is 0.252 e. The van der Waals surface area contributed by atoms with Crippen molar-refractivity contribution in [3.05, 3.63) is 219 Å². The number of anilines is 9. The van der Waals surface area contributed by atoms with Crippen LogP contribution < -0.4 is 31.1 Å². The summed E-state index contributed by atoms with van der Waals surface area (Å²) in [6, 6.07) is 70.1. The lowest BCUT2D eigenvalue weighted by Gasteiger charge is -2.44. The molecule has 4 heterocycles. The maximum absolute atomic E-state index is 4.33. The first-order valence-corrected chi connectivity index (χ1v) is 19.7. The van der Waals surface area contributed by atoms with Gasteiger partial charge in [-0.05, 0) is 148 Å². The van der Waals surface area contributed by atoms with Crippen LogP contribution in [-0.4, -0.2) is 16.7 Å². The largest absolute Gasteiger partial charge is 0.311 e. The molecule has 0 atom stereocenters. The number of fused-ring (bicyclic) bond motifs is 4. The molecule has 58 heavy (non-hydrogen) atoms. The Morgan fingerprint density at radius 2 is 0.845 bits per heavy atom. The van der Waals surface area contributed by atoms with Crippen LogP contribution in [0.25, 0.3) is 22.3 Å². The fourth-order valence-electron chi connectivity index (χ4n) is 8.91. The minimum absolute atomic E-state index is 0.00705. The summed E-state index contributed by atoms with van der Waals surface area (Å²) in [6.45, 7) is 0.00705. The van der Waals surface area contributed by atoms with Crippen molar-refractivity contribution in [1.29, 1.82) is 0 Å². The number of benzene rings is 7. The third-order valence-corrected chi connectivity index (χ3v) is 11.4. The van der Waals surface area contributed by atoms with E-state index in [1.54, 1.807) is 0 Å². The molecule has 0 N–H and O–H groups in total. The summed E-state index contributed by atoms with van der Waals surface area (Å²) >= 11 is 0. The van der Waals surface area contributed by atoms with Crippen LogP contribution in [0.4, 0.5) is 51.2 Å². The van der Waals surface area contributed by atoms with Gasteiger partial charge in [-0.1, -0.05) is 84.9 Å². The molecule has 0 radical (unpaired) electrons. The Morgan fingerprint density at radius 1 is 0.345 bits per heavy atom. The second kappa shape index (κ2) is 14.1. The van der Waals surface area contributed by atoms with E-state index >= 15 is 0 Å². The molecule has 0 aliphatic carbocycles. The standard InChI is InChI=1S/C52H36BN5/c1-4-13-41(14-5-1)56(42-15-6-2-7-16-42)44-23-24-47-51(36-44)57(43-17-8-3-9-18-43)49-21-12-22-50-52(49)53(47)46-19-10-11-20-48(46)58(50)45-34-39(37-25-29-54-30-26-37)33-40(35-45)38-27-31-55-32-28-38/h1-36H. The maximum Gasteiger partial charge on any atom is 0.252 e. The van der Waals surface area contributed by atoms with Crippen molar-refractivity contribution in [3.63, 3.8) is 0 Å². The van der Waals surface area contributed by atoms with Crippen molar-refractivity contribution in [1.82, 2.24) is 9.97 Å². The minimum atomic E-state index is 0.00705. The third-order valence-electron chi connectivity index (χ3n) is 11.4. The van der Waals surface area contributed by atoms with Crippen LogP contribution in [0.5, 0.6) is 0 Å². The molecule has 0 bridgehead atoms. The van der Waals surface area contributed by atoms with Gasteiger partial charge in [-0.25, -0.2) is 0 Å². The van der Waals surface area contributed by atoms with E-state index in [2.05, 4.69) is 219 Å². The molecule has 0 amide bonds. The summed E-state index contributed by atoms with van der Waals surface area (Å²) in [5.74, 6) is 0. The van der Waals surface area contributed by atoms with Gasteiger partial charge in [0.2, 0.25) is 0 Å². The fraction of sp³-hybridized carbons (Fsp3) is 0. The number of hydrogen-bond donors (Lipinski definition) is 0. The first-order chi connectivity index (χ1) is 28.8. The quantitative estimate of drug-likeness (QED) is 0.152. The second-order valence-corrected chi connectivity index (χ2v) is 14.7. The molecule has 6 heteroatoms. The topological polar surface area (TPSA) is 35.5 Å². The van der Waals surface area contributed by atoms with Crippen LogP contribution in [0.1, 0.15) is 0 Å². The molecule has 11 rings (SSSR count). The number of hydrogen-bond acceptors (Lipinski definition) is 5. The molecule has 0 saturated carbocycles. The minimum Gasteiger partial charge on any atom is -0.311 e. The lowest BCUT2D eigenvalue weighted by atomic mass is 9.33. The molecule has 5 nitrogen and oxygen atoms in total. The van der Waals surface area contributed by atoms with Crippen molar-refractivity contribution in [2.24, 2.45) is 0 Å². The molecule has 0 fully saturated rings. The SMILES string of the molecule is c1ccc(N(c2ccccc2)c2ccc3c(c2)N(c2ccccc2)c2cccc4c2B3c2ccccc2N4c2cc(-c3ccncc3)cc(-c3ccncc3)c2)cc1. The zero-order valence-electron chi connectivity index (χ0n) is 31.6. The Hall–Kier alpha value is -7.70. The summed E-state index contributed by atoms with van der Waals surface area (Å²) in [4.78, 5) is 15.9. The molecular weight excluding hydrogens is 705 g/mol. The van der Waals surface area contributed by atoms with E-state index in [0.29, 0.717) is 0 Å². The van der Waals surface area contributed by atoms with Crippen LogP contribution in [0.2, 0.25) is 0 Å². The van der Waals surface area contributed by atoms with Gasteiger partial charge < -0.3 is 14.7 Å². The highest BCUT2D eigenvalue weighted by Gasteiger charge is 2.43. The van der Waals surface area contributed by atoms with Gasteiger partial charge in [0.25, 0.3) is 6.71 Å². The molecule has 2 aliphatic rings. The number of aromatic nitrogens is 2. The van der Waals surface area contributed by atoms with Crippen LogP contribution in [0.15, 0.2) is 219 Å². The zero-order chi connectivity index (χ0) is 38.4. The van der Waals surface area contributed by atoms with Gasteiger partial charge >= 0.3 is 0 Å². The van der Waals surface area contributed by atoms with Gasteiger partial charge in [-0.15, -0.1) is 0 Å². The van der Waals surface area contributed by atoms with Gasteiger partial charge in [0.1, 0.15) is 0 Å². The van der Waals surface area contributed by atoms with Crippen molar-refractivity contribution in [2.45, 2.75) is 0 Å². The number of rotatable bonds is 7. The van der Waals surface area contributed by atoms with Gasteiger partial charge in [-0.3, -0.25) is 9.97 Å². The molecule has 7 aromatic carbocycles. The average Bonchev–Trinajstić information content (AvgIpc) is 3.30. The van der Waals surface area contributed by atoms with E-state index < -0.39 is 0 Å². The fourth-order valence-corrected chi connectivity index (χ4v) is 8.91. The highest BCUT2D eigenvalue weighted by Crippen LogP contribution is 2.46. The van der Waals surface area contributed by atoms with Gasteiger partial charge in [-0.2, -0.15) is 0 Å². The molecule has 0 saturated heterocycles. The van der Waals surface area contributed by atoms with Crippen molar-refractivity contribution < 1.29 is 0 Å². The number of pyridine rings is 2. The Balaban J connectivity index is 1.15. The lowest BCUT2D eigenvalue weighted by molar-refractivity contribution is 1.24. The first-order valence-electron chi connectivity index (χ1n) is 19.7. The maximum atomic E-state index is 4.33. The zero-order valence-corrected chi connectivity index (χ0v) is 31.6. The van der Waals surface area contributed by atoms with Crippen LogP contribution in [0, 0.1) is 0 Å². The monoisotopic (exact) mass is 741 g/mol. The normalized spacial score (nSPS) is 12.4. The van der Waals surface area contributed by atoms with Crippen molar-refractivity contribution in [3.8, 4) is 22.3 Å². The highest BCUT2D eigenvalue weighted by atomic mass is 15.2. The molecular formula is C52H36BN5. The molecule has 0 unspecified atom stereocenters. The average molecular weight is 742 g/mol. The molecule has 2 aromatic heterocycles. The van der Waals surface area contributed by atoms with E-state index in [1.165, 1.54) is 33.5 Å². The Labute approximate surface area is 338 Å². The number of nitrogens with zero attached hydrogens (tertiary/aromatic N) is 5.